The SMILES string of the molecule is CCN1CCN(c2cc(NC(=O)Nc3cccc(Nc4ccc5c(c4)NC(=O)/C5=C\c4ccc[nH]4)c3)cc(C(F)(F)F)c2)CC1. The van der Waals surface area contributed by atoms with Crippen LogP contribution in [0.15, 0.2) is 79.0 Å². The molecule has 0 atom stereocenters. The number of piperazine rings is 1. The Morgan fingerprint density at radius 1 is 0.889 bits per heavy atom. The van der Waals surface area contributed by atoms with Gasteiger partial charge in [-0.25, -0.2) is 4.79 Å². The van der Waals surface area contributed by atoms with Gasteiger partial charge in [-0.3, -0.25) is 4.79 Å². The Balaban J connectivity index is 1.13. The van der Waals surface area contributed by atoms with E-state index in [1.54, 1.807) is 36.5 Å². The Labute approximate surface area is 258 Å². The summed E-state index contributed by atoms with van der Waals surface area (Å²) in [6, 6.07) is 19.2. The van der Waals surface area contributed by atoms with Gasteiger partial charge in [0.05, 0.1) is 16.8 Å². The molecule has 3 heterocycles. The molecule has 1 saturated heterocycles. The number of hydrogen-bond donors (Lipinski definition) is 5. The van der Waals surface area contributed by atoms with Gasteiger partial charge in [0, 0.05) is 72.1 Å². The second-order valence-electron chi connectivity index (χ2n) is 10.9. The Morgan fingerprint density at radius 2 is 1.64 bits per heavy atom. The number of hydrogen-bond acceptors (Lipinski definition) is 5. The molecule has 0 unspecified atom stereocenters. The summed E-state index contributed by atoms with van der Waals surface area (Å²) in [6.45, 7) is 5.66. The van der Waals surface area contributed by atoms with E-state index in [1.807, 2.05) is 41.3 Å². The second kappa shape index (κ2) is 12.4. The van der Waals surface area contributed by atoms with Gasteiger partial charge < -0.3 is 36.1 Å². The van der Waals surface area contributed by atoms with Crippen LogP contribution in [0.3, 0.4) is 0 Å². The number of likely N-dealkylation sites (N-methyl/N-ethyl adjacent to an activating group) is 1. The standard InChI is InChI=1S/C33H32F3N7O2/c1-2-42-11-13-43(14-12-42)27-16-21(33(34,35)36)15-26(18-27)40-32(45)39-24-6-3-5-23(17-24)38-25-8-9-28-29(19-22-7-4-10-37-22)31(44)41-30(28)20-25/h3-10,15-20,37-38H,2,11-14H2,1H3,(H,41,44)(H2,39,40,45)/b29-19-. The van der Waals surface area contributed by atoms with Gasteiger partial charge in [0.25, 0.3) is 5.91 Å². The average Bonchev–Trinajstić information content (AvgIpc) is 3.64. The fraction of sp³-hybridized carbons (Fsp3) is 0.212. The highest BCUT2D eigenvalue weighted by atomic mass is 19.4. The van der Waals surface area contributed by atoms with Gasteiger partial charge in [0.2, 0.25) is 0 Å². The quantitative estimate of drug-likeness (QED) is 0.143. The zero-order valence-corrected chi connectivity index (χ0v) is 24.5. The molecule has 0 radical (unpaired) electrons. The molecule has 2 aliphatic heterocycles. The van der Waals surface area contributed by atoms with E-state index in [0.29, 0.717) is 47.1 Å². The number of aromatic amines is 1. The maximum absolute atomic E-state index is 13.7. The van der Waals surface area contributed by atoms with Crippen LogP contribution in [-0.2, 0) is 11.0 Å². The summed E-state index contributed by atoms with van der Waals surface area (Å²) in [5.74, 6) is -0.194. The Kier molecular flexibility index (Phi) is 8.22. The van der Waals surface area contributed by atoms with Crippen molar-refractivity contribution >= 4 is 57.7 Å². The van der Waals surface area contributed by atoms with Crippen LogP contribution < -0.4 is 26.2 Å². The lowest BCUT2D eigenvalue weighted by molar-refractivity contribution is -0.137. The maximum Gasteiger partial charge on any atom is 0.416 e. The van der Waals surface area contributed by atoms with Gasteiger partial charge >= 0.3 is 12.2 Å². The second-order valence-corrected chi connectivity index (χ2v) is 10.9. The van der Waals surface area contributed by atoms with E-state index in [0.717, 1.165) is 43.0 Å². The minimum atomic E-state index is -4.56. The summed E-state index contributed by atoms with van der Waals surface area (Å²) in [7, 11) is 0. The highest BCUT2D eigenvalue weighted by Crippen LogP contribution is 2.37. The molecule has 3 amide bonds. The van der Waals surface area contributed by atoms with Crippen molar-refractivity contribution in [3.8, 4) is 0 Å². The summed E-state index contributed by atoms with van der Waals surface area (Å²) < 4.78 is 41.2. The fourth-order valence-corrected chi connectivity index (χ4v) is 5.49. The molecule has 0 spiro atoms. The number of rotatable bonds is 7. The number of urea groups is 1. The summed E-state index contributed by atoms with van der Waals surface area (Å²) >= 11 is 0. The average molecular weight is 616 g/mol. The number of fused-ring (bicyclic) bond motifs is 1. The molecule has 2 aliphatic rings. The first-order chi connectivity index (χ1) is 21.6. The van der Waals surface area contributed by atoms with E-state index >= 15 is 0 Å². The molecular formula is C33H32F3N7O2. The molecule has 4 aromatic rings. The predicted octanol–water partition coefficient (Wildman–Crippen LogP) is 7.06. The van der Waals surface area contributed by atoms with Crippen LogP contribution in [0.1, 0.15) is 23.7 Å². The minimum absolute atomic E-state index is 0.0504. The first-order valence-electron chi connectivity index (χ1n) is 14.6. The summed E-state index contributed by atoms with van der Waals surface area (Å²) in [6.07, 6.45) is -0.978. The summed E-state index contributed by atoms with van der Waals surface area (Å²) in [5, 5.41) is 11.4. The number of amides is 3. The van der Waals surface area contributed by atoms with Crippen molar-refractivity contribution in [1.82, 2.24) is 9.88 Å². The number of benzene rings is 3. The smallest absolute Gasteiger partial charge is 0.369 e. The summed E-state index contributed by atoms with van der Waals surface area (Å²) in [5.41, 5.74) is 4.29. The highest BCUT2D eigenvalue weighted by Gasteiger charge is 2.32. The molecule has 12 heteroatoms. The topological polar surface area (TPSA) is 105 Å². The van der Waals surface area contributed by atoms with Crippen molar-refractivity contribution in [2.75, 3.05) is 58.9 Å². The van der Waals surface area contributed by atoms with Gasteiger partial charge in [0.15, 0.2) is 0 Å². The number of nitrogens with zero attached hydrogens (tertiary/aromatic N) is 2. The normalized spacial score (nSPS) is 16.0. The number of alkyl halides is 3. The van der Waals surface area contributed by atoms with Gasteiger partial charge in [-0.05, 0) is 73.3 Å². The molecule has 6 rings (SSSR count). The largest absolute Gasteiger partial charge is 0.416 e. The summed E-state index contributed by atoms with van der Waals surface area (Å²) in [4.78, 5) is 32.7. The molecule has 0 saturated carbocycles. The van der Waals surface area contributed by atoms with E-state index in [9.17, 15) is 22.8 Å². The van der Waals surface area contributed by atoms with Crippen molar-refractivity contribution in [3.63, 3.8) is 0 Å². The highest BCUT2D eigenvalue weighted by molar-refractivity contribution is 6.35. The molecule has 3 aromatic carbocycles. The fourth-order valence-electron chi connectivity index (χ4n) is 5.49. The third-order valence-electron chi connectivity index (χ3n) is 7.82. The zero-order valence-electron chi connectivity index (χ0n) is 24.5. The predicted molar refractivity (Wildman–Crippen MR) is 172 cm³/mol. The first kappa shape index (κ1) is 29.8. The van der Waals surface area contributed by atoms with Crippen molar-refractivity contribution < 1.29 is 22.8 Å². The van der Waals surface area contributed by atoms with Crippen LogP contribution >= 0.6 is 0 Å². The molecule has 5 N–H and O–H groups in total. The molecule has 45 heavy (non-hydrogen) atoms. The van der Waals surface area contributed by atoms with E-state index in [-0.39, 0.29) is 11.6 Å². The maximum atomic E-state index is 13.7. The number of halogens is 3. The Hall–Kier alpha value is -5.23. The molecule has 0 bridgehead atoms. The number of carbonyl (C=O) groups excluding carboxylic acids is 2. The van der Waals surface area contributed by atoms with Crippen molar-refractivity contribution in [1.29, 1.82) is 0 Å². The third kappa shape index (κ3) is 6.96. The van der Waals surface area contributed by atoms with Crippen LogP contribution in [0.4, 0.5) is 52.1 Å². The number of aromatic nitrogens is 1. The molecule has 232 valence electrons. The molecule has 9 nitrogen and oxygen atoms in total. The van der Waals surface area contributed by atoms with E-state index in [1.165, 1.54) is 0 Å². The van der Waals surface area contributed by atoms with Crippen molar-refractivity contribution in [3.05, 3.63) is 95.8 Å². The lowest BCUT2D eigenvalue weighted by Crippen LogP contribution is -2.46. The number of anilines is 6. The van der Waals surface area contributed by atoms with Gasteiger partial charge in [0.1, 0.15) is 0 Å². The number of carbonyl (C=O) groups is 2. The lowest BCUT2D eigenvalue weighted by atomic mass is 10.1. The Morgan fingerprint density at radius 3 is 2.38 bits per heavy atom. The van der Waals surface area contributed by atoms with Gasteiger partial charge in [-0.15, -0.1) is 0 Å². The van der Waals surface area contributed by atoms with E-state index < -0.39 is 17.8 Å². The Bertz CT molecular complexity index is 1740. The number of nitrogens with one attached hydrogen (secondary N) is 5. The molecule has 1 fully saturated rings. The minimum Gasteiger partial charge on any atom is -0.369 e. The zero-order chi connectivity index (χ0) is 31.6. The van der Waals surface area contributed by atoms with E-state index in [4.69, 9.17) is 0 Å². The molecule has 1 aromatic heterocycles. The van der Waals surface area contributed by atoms with E-state index in [2.05, 4.69) is 38.1 Å². The van der Waals surface area contributed by atoms with Gasteiger partial charge in [-0.1, -0.05) is 19.1 Å². The van der Waals surface area contributed by atoms with Crippen LogP contribution in [0, 0.1) is 0 Å². The van der Waals surface area contributed by atoms with Crippen LogP contribution in [0.25, 0.3) is 11.6 Å². The monoisotopic (exact) mass is 615 g/mol. The lowest BCUT2D eigenvalue weighted by Gasteiger charge is -2.36. The molecule has 0 aliphatic carbocycles. The molecular weight excluding hydrogens is 583 g/mol. The number of H-pyrrole nitrogens is 1. The first-order valence-corrected chi connectivity index (χ1v) is 14.6. The van der Waals surface area contributed by atoms with Crippen molar-refractivity contribution in [2.24, 2.45) is 0 Å². The van der Waals surface area contributed by atoms with Crippen LogP contribution in [0.2, 0.25) is 0 Å². The third-order valence-corrected chi connectivity index (χ3v) is 7.82. The van der Waals surface area contributed by atoms with Gasteiger partial charge in [-0.2, -0.15) is 13.2 Å². The van der Waals surface area contributed by atoms with Crippen LogP contribution in [0.5, 0.6) is 0 Å². The van der Waals surface area contributed by atoms with Crippen LogP contribution in [-0.4, -0.2) is 54.5 Å². The van der Waals surface area contributed by atoms with Crippen molar-refractivity contribution in [2.45, 2.75) is 13.1 Å².